The van der Waals surface area contributed by atoms with Crippen molar-refractivity contribution in [1.29, 1.82) is 0 Å². The minimum absolute atomic E-state index is 0.0214. The van der Waals surface area contributed by atoms with Crippen molar-refractivity contribution in [1.82, 2.24) is 9.47 Å². The summed E-state index contributed by atoms with van der Waals surface area (Å²) in [7, 11) is 3.55. The van der Waals surface area contributed by atoms with Crippen LogP contribution in [-0.4, -0.2) is 60.9 Å². The number of carbonyl (C=O) groups is 1. The minimum Gasteiger partial charge on any atom is -0.497 e. The van der Waals surface area contributed by atoms with E-state index in [0.29, 0.717) is 35.7 Å². The second-order valence-electron chi connectivity index (χ2n) is 7.36. The first-order valence-corrected chi connectivity index (χ1v) is 9.59. The van der Waals surface area contributed by atoms with Gasteiger partial charge in [0, 0.05) is 49.5 Å². The molecule has 1 N–H and O–H groups in total. The van der Waals surface area contributed by atoms with Gasteiger partial charge in [0.25, 0.3) is 0 Å². The third-order valence-corrected chi connectivity index (χ3v) is 5.48. The Morgan fingerprint density at radius 2 is 1.87 bits per heavy atom. The van der Waals surface area contributed by atoms with E-state index in [1.165, 1.54) is 13.3 Å². The maximum Gasteiger partial charge on any atom is 0.341 e. The van der Waals surface area contributed by atoms with Crippen LogP contribution in [0.5, 0.6) is 5.75 Å². The maximum atomic E-state index is 15.0. The molecule has 2 aromatic carbocycles. The second kappa shape index (κ2) is 7.79. The van der Waals surface area contributed by atoms with Gasteiger partial charge in [-0.25, -0.2) is 9.18 Å². The molecule has 0 bridgehead atoms. The topological polar surface area (TPSA) is 75.0 Å². The molecule has 2 heterocycles. The van der Waals surface area contributed by atoms with Crippen LogP contribution in [-0.2, 0) is 0 Å². The zero-order valence-corrected chi connectivity index (χ0v) is 16.8. The van der Waals surface area contributed by atoms with Gasteiger partial charge in [-0.2, -0.15) is 0 Å². The highest BCUT2D eigenvalue weighted by molar-refractivity contribution is 5.94. The number of carboxylic acid groups (broad SMARTS) is 1. The van der Waals surface area contributed by atoms with E-state index in [1.54, 1.807) is 34.9 Å². The molecule has 0 aliphatic carbocycles. The molecule has 4 rings (SSSR count). The lowest BCUT2D eigenvalue weighted by Crippen LogP contribution is -2.44. The number of hydrogen-bond acceptors (Lipinski definition) is 5. The zero-order valence-electron chi connectivity index (χ0n) is 16.8. The Kier molecular flexibility index (Phi) is 5.17. The van der Waals surface area contributed by atoms with Crippen LogP contribution in [0, 0.1) is 5.82 Å². The summed E-state index contributed by atoms with van der Waals surface area (Å²) in [6.45, 7) is 2.93. The maximum absolute atomic E-state index is 15.0. The number of rotatable bonds is 4. The van der Waals surface area contributed by atoms with Crippen LogP contribution < -0.4 is 15.1 Å². The number of nitrogens with zero attached hydrogens (tertiary/aromatic N) is 3. The molecule has 0 spiro atoms. The van der Waals surface area contributed by atoms with Crippen LogP contribution >= 0.6 is 0 Å². The summed E-state index contributed by atoms with van der Waals surface area (Å²) < 4.78 is 21.9. The van der Waals surface area contributed by atoms with Crippen molar-refractivity contribution in [2.45, 2.75) is 0 Å². The van der Waals surface area contributed by atoms with Gasteiger partial charge in [-0.1, -0.05) is 6.07 Å². The summed E-state index contributed by atoms with van der Waals surface area (Å²) in [5.41, 5.74) is 0.318. The zero-order chi connectivity index (χ0) is 21.4. The highest BCUT2D eigenvalue weighted by Gasteiger charge is 2.22. The average molecular weight is 411 g/mol. The fourth-order valence-corrected chi connectivity index (χ4v) is 3.75. The number of piperazine rings is 1. The van der Waals surface area contributed by atoms with E-state index in [1.807, 2.05) is 11.9 Å². The first kappa shape index (κ1) is 19.9. The number of pyridine rings is 1. The molecular weight excluding hydrogens is 389 g/mol. The largest absolute Gasteiger partial charge is 0.497 e. The molecule has 7 nitrogen and oxygen atoms in total. The number of hydrogen-bond donors (Lipinski definition) is 1. The molecule has 0 atom stereocenters. The number of ether oxygens (including phenoxy) is 1. The number of methoxy groups -OCH3 is 1. The van der Waals surface area contributed by atoms with Gasteiger partial charge in [0.1, 0.15) is 17.1 Å². The second-order valence-corrected chi connectivity index (χ2v) is 7.36. The molecule has 1 saturated heterocycles. The highest BCUT2D eigenvalue weighted by atomic mass is 19.1. The average Bonchev–Trinajstić information content (AvgIpc) is 2.74. The SMILES string of the molecule is COc1cccc(-n2cc(C(=O)O)c(=O)c3cc(F)c(N4CCN(C)CC4)cc32)c1. The Hall–Kier alpha value is -3.39. The normalized spacial score (nSPS) is 14.8. The van der Waals surface area contributed by atoms with E-state index in [9.17, 15) is 19.1 Å². The quantitative estimate of drug-likeness (QED) is 0.711. The molecule has 0 unspecified atom stereocenters. The third kappa shape index (κ3) is 3.50. The standard InChI is InChI=1S/C22H22FN3O4/c1-24-6-8-25(9-7-24)20-12-19-16(11-18(20)23)21(27)17(22(28)29)13-26(19)14-4-3-5-15(10-14)30-2/h3-5,10-13H,6-9H2,1-2H3,(H,28,29). The Balaban J connectivity index is 1.98. The molecule has 1 aromatic heterocycles. The van der Waals surface area contributed by atoms with E-state index in [2.05, 4.69) is 4.90 Å². The van der Waals surface area contributed by atoms with Gasteiger partial charge >= 0.3 is 5.97 Å². The fraction of sp³-hybridized carbons (Fsp3) is 0.273. The molecule has 1 aliphatic heterocycles. The van der Waals surface area contributed by atoms with Crippen molar-refractivity contribution >= 4 is 22.6 Å². The van der Waals surface area contributed by atoms with Crippen LogP contribution in [0.3, 0.4) is 0 Å². The van der Waals surface area contributed by atoms with Crippen molar-refractivity contribution in [3.05, 3.63) is 64.2 Å². The van der Waals surface area contributed by atoms with Gasteiger partial charge in [0.2, 0.25) is 5.43 Å². The lowest BCUT2D eigenvalue weighted by molar-refractivity contribution is 0.0695. The van der Waals surface area contributed by atoms with Gasteiger partial charge in [0.15, 0.2) is 0 Å². The van der Waals surface area contributed by atoms with Crippen LogP contribution in [0.25, 0.3) is 16.6 Å². The highest BCUT2D eigenvalue weighted by Crippen LogP contribution is 2.28. The van der Waals surface area contributed by atoms with Gasteiger partial charge in [-0.15, -0.1) is 0 Å². The molecule has 0 radical (unpaired) electrons. The molecule has 8 heteroatoms. The van der Waals surface area contributed by atoms with Crippen LogP contribution in [0.4, 0.5) is 10.1 Å². The predicted octanol–water partition coefficient (Wildman–Crippen LogP) is 2.59. The van der Waals surface area contributed by atoms with Crippen molar-refractivity contribution < 1.29 is 19.0 Å². The lowest BCUT2D eigenvalue weighted by Gasteiger charge is -2.34. The van der Waals surface area contributed by atoms with E-state index in [0.717, 1.165) is 19.2 Å². The van der Waals surface area contributed by atoms with E-state index < -0.39 is 22.8 Å². The van der Waals surface area contributed by atoms with Gasteiger partial charge in [-0.3, -0.25) is 4.79 Å². The summed E-state index contributed by atoms with van der Waals surface area (Å²) in [6, 6.07) is 9.81. The number of fused-ring (bicyclic) bond motifs is 1. The molecular formula is C22H22FN3O4. The summed E-state index contributed by atoms with van der Waals surface area (Å²) in [6.07, 6.45) is 1.29. The number of halogens is 1. The minimum atomic E-state index is -1.36. The number of benzene rings is 2. The molecule has 3 aromatic rings. The van der Waals surface area contributed by atoms with Crippen LogP contribution in [0.15, 0.2) is 47.4 Å². The smallest absolute Gasteiger partial charge is 0.341 e. The molecule has 1 aliphatic rings. The van der Waals surface area contributed by atoms with Gasteiger partial charge in [-0.05, 0) is 31.3 Å². The van der Waals surface area contributed by atoms with Crippen molar-refractivity contribution in [2.24, 2.45) is 0 Å². The first-order chi connectivity index (χ1) is 14.4. The Labute approximate surface area is 172 Å². The molecule has 0 amide bonds. The third-order valence-electron chi connectivity index (χ3n) is 5.48. The first-order valence-electron chi connectivity index (χ1n) is 9.59. The number of aromatic nitrogens is 1. The van der Waals surface area contributed by atoms with Crippen molar-refractivity contribution in [2.75, 3.05) is 45.2 Å². The van der Waals surface area contributed by atoms with E-state index in [4.69, 9.17) is 4.74 Å². The van der Waals surface area contributed by atoms with Gasteiger partial charge < -0.3 is 24.2 Å². The van der Waals surface area contributed by atoms with Crippen LogP contribution in [0.2, 0.25) is 0 Å². The molecule has 156 valence electrons. The lowest BCUT2D eigenvalue weighted by atomic mass is 10.1. The molecule has 0 saturated carbocycles. The Morgan fingerprint density at radius 3 is 2.53 bits per heavy atom. The van der Waals surface area contributed by atoms with Crippen molar-refractivity contribution in [3.63, 3.8) is 0 Å². The van der Waals surface area contributed by atoms with Crippen molar-refractivity contribution in [3.8, 4) is 11.4 Å². The van der Waals surface area contributed by atoms with Crippen LogP contribution in [0.1, 0.15) is 10.4 Å². The summed E-state index contributed by atoms with van der Waals surface area (Å²) >= 11 is 0. The number of aromatic carboxylic acids is 1. The summed E-state index contributed by atoms with van der Waals surface area (Å²) in [5.74, 6) is -1.32. The fourth-order valence-electron chi connectivity index (χ4n) is 3.75. The monoisotopic (exact) mass is 411 g/mol. The van der Waals surface area contributed by atoms with Gasteiger partial charge in [0.05, 0.1) is 18.3 Å². The predicted molar refractivity (Wildman–Crippen MR) is 113 cm³/mol. The number of anilines is 1. The Bertz CT molecular complexity index is 1180. The number of likely N-dealkylation sites (N-methyl/N-ethyl adjacent to an activating group) is 1. The summed E-state index contributed by atoms with van der Waals surface area (Å²) in [4.78, 5) is 28.5. The van der Waals surface area contributed by atoms with E-state index >= 15 is 0 Å². The Morgan fingerprint density at radius 1 is 1.13 bits per heavy atom. The van der Waals surface area contributed by atoms with E-state index in [-0.39, 0.29) is 5.39 Å². The number of carboxylic acids is 1. The molecule has 30 heavy (non-hydrogen) atoms. The summed E-state index contributed by atoms with van der Waals surface area (Å²) in [5, 5.41) is 9.53. The molecule has 1 fully saturated rings.